The largest absolute Gasteiger partial charge is 0.494 e. The van der Waals surface area contributed by atoms with Gasteiger partial charge in [-0.05, 0) is 39.3 Å². The molecular formula is C19H22N4O4S. The molecule has 0 atom stereocenters. The Morgan fingerprint density at radius 1 is 1.32 bits per heavy atom. The van der Waals surface area contributed by atoms with E-state index in [4.69, 9.17) is 4.74 Å². The maximum absolute atomic E-state index is 12.9. The summed E-state index contributed by atoms with van der Waals surface area (Å²) >= 11 is 1.34. The van der Waals surface area contributed by atoms with Crippen molar-refractivity contribution in [3.8, 4) is 5.75 Å². The van der Waals surface area contributed by atoms with E-state index in [1.807, 2.05) is 32.3 Å². The summed E-state index contributed by atoms with van der Waals surface area (Å²) in [6, 6.07) is 2.89. The summed E-state index contributed by atoms with van der Waals surface area (Å²) in [6.07, 6.45) is 0.656. The third-order valence-electron chi connectivity index (χ3n) is 4.30. The van der Waals surface area contributed by atoms with Gasteiger partial charge in [0, 0.05) is 6.04 Å². The molecule has 28 heavy (non-hydrogen) atoms. The van der Waals surface area contributed by atoms with Gasteiger partial charge in [0.1, 0.15) is 16.1 Å². The number of aryl methyl sites for hydroxylation is 2. The number of carboxylic acid groups (broad SMARTS) is 1. The van der Waals surface area contributed by atoms with Crippen molar-refractivity contribution in [2.75, 3.05) is 12.4 Å². The van der Waals surface area contributed by atoms with Crippen LogP contribution in [0.15, 0.2) is 12.1 Å². The molecule has 1 amide bonds. The smallest absolute Gasteiger partial charge is 0.335 e. The molecule has 1 aromatic carbocycles. The number of rotatable bonds is 6. The lowest BCUT2D eigenvalue weighted by Crippen LogP contribution is -2.17. The lowest BCUT2D eigenvalue weighted by atomic mass is 10.1. The van der Waals surface area contributed by atoms with Crippen molar-refractivity contribution in [2.24, 2.45) is 0 Å². The topological polar surface area (TPSA) is 106 Å². The molecule has 148 valence electrons. The third-order valence-corrected chi connectivity index (χ3v) is 5.32. The molecule has 0 unspecified atom stereocenters. The van der Waals surface area contributed by atoms with E-state index >= 15 is 0 Å². The zero-order chi connectivity index (χ0) is 20.6. The van der Waals surface area contributed by atoms with Crippen LogP contribution in [0.3, 0.4) is 0 Å². The van der Waals surface area contributed by atoms with Gasteiger partial charge in [-0.1, -0.05) is 6.92 Å². The van der Waals surface area contributed by atoms with Gasteiger partial charge in [0.25, 0.3) is 5.91 Å². The monoisotopic (exact) mass is 402 g/mol. The molecule has 2 aromatic heterocycles. The second kappa shape index (κ2) is 7.59. The van der Waals surface area contributed by atoms with Gasteiger partial charge in [-0.2, -0.15) is 0 Å². The molecule has 0 saturated heterocycles. The van der Waals surface area contributed by atoms with Crippen LogP contribution in [-0.4, -0.2) is 38.6 Å². The first kappa shape index (κ1) is 19.8. The number of carbonyl (C=O) groups excluding carboxylic acids is 1. The molecule has 3 aromatic rings. The van der Waals surface area contributed by atoms with Gasteiger partial charge in [0.15, 0.2) is 0 Å². The number of aromatic carboxylic acids is 1. The number of carbonyl (C=O) groups is 2. The van der Waals surface area contributed by atoms with E-state index in [9.17, 15) is 14.7 Å². The number of thiazole rings is 1. The van der Waals surface area contributed by atoms with Crippen molar-refractivity contribution in [1.29, 1.82) is 0 Å². The van der Waals surface area contributed by atoms with Gasteiger partial charge < -0.3 is 14.4 Å². The Morgan fingerprint density at radius 2 is 2.04 bits per heavy atom. The first-order valence-corrected chi connectivity index (χ1v) is 9.69. The molecule has 0 aliphatic heterocycles. The maximum atomic E-state index is 12.9. The molecule has 8 nitrogen and oxygen atoms in total. The Balaban J connectivity index is 2.13. The number of benzene rings is 1. The fourth-order valence-corrected chi connectivity index (χ4v) is 4.01. The van der Waals surface area contributed by atoms with Crippen LogP contribution in [-0.2, 0) is 6.42 Å². The molecule has 0 fully saturated rings. The summed E-state index contributed by atoms with van der Waals surface area (Å²) in [6.45, 7) is 7.72. The average molecular weight is 402 g/mol. The standard InChI is InChI=1S/C19H22N4O4S/c1-6-12-16(28-10(4)20-12)17(24)22-19-21-13-7-11(18(25)26)8-14(27-5)15(13)23(19)9(2)3/h7-9H,6H2,1-5H3,(H,25,26)(H,21,22,24). The number of hydrogen-bond acceptors (Lipinski definition) is 6. The Hall–Kier alpha value is -2.94. The van der Waals surface area contributed by atoms with Crippen molar-refractivity contribution in [3.63, 3.8) is 0 Å². The van der Waals surface area contributed by atoms with Crippen LogP contribution in [0.4, 0.5) is 5.95 Å². The van der Waals surface area contributed by atoms with E-state index in [1.165, 1.54) is 30.6 Å². The fourth-order valence-electron chi connectivity index (χ4n) is 3.11. The lowest BCUT2D eigenvalue weighted by molar-refractivity contribution is 0.0696. The lowest BCUT2D eigenvalue weighted by Gasteiger charge is -2.15. The number of amides is 1. The zero-order valence-electron chi connectivity index (χ0n) is 16.4. The molecule has 0 spiro atoms. The maximum Gasteiger partial charge on any atom is 0.335 e. The number of imidazole rings is 1. The SMILES string of the molecule is CCc1nc(C)sc1C(=O)Nc1nc2cc(C(=O)O)cc(OC)c2n1C(C)C. The van der Waals surface area contributed by atoms with Crippen molar-refractivity contribution in [2.45, 2.75) is 40.2 Å². The number of methoxy groups -OCH3 is 1. The number of carboxylic acids is 1. The van der Waals surface area contributed by atoms with Crippen molar-refractivity contribution in [1.82, 2.24) is 14.5 Å². The van der Waals surface area contributed by atoms with E-state index in [1.54, 1.807) is 0 Å². The second-order valence-electron chi connectivity index (χ2n) is 6.57. The van der Waals surface area contributed by atoms with Crippen molar-refractivity contribution in [3.05, 3.63) is 33.3 Å². The van der Waals surface area contributed by atoms with Crippen molar-refractivity contribution < 1.29 is 19.4 Å². The highest BCUT2D eigenvalue weighted by Gasteiger charge is 2.23. The van der Waals surface area contributed by atoms with E-state index in [2.05, 4.69) is 15.3 Å². The molecular weight excluding hydrogens is 380 g/mol. The Labute approximate surface area is 166 Å². The molecule has 2 N–H and O–H groups in total. The normalized spacial score (nSPS) is 11.2. The quantitative estimate of drug-likeness (QED) is 0.648. The van der Waals surface area contributed by atoms with Crippen LogP contribution in [0, 0.1) is 6.92 Å². The van der Waals surface area contributed by atoms with Crippen LogP contribution >= 0.6 is 11.3 Å². The van der Waals surface area contributed by atoms with E-state index in [-0.39, 0.29) is 17.5 Å². The molecule has 0 saturated carbocycles. The molecule has 0 aliphatic rings. The summed E-state index contributed by atoms with van der Waals surface area (Å²) in [4.78, 5) is 33.7. The van der Waals surface area contributed by atoms with Gasteiger partial charge >= 0.3 is 5.97 Å². The highest BCUT2D eigenvalue weighted by molar-refractivity contribution is 7.13. The molecule has 9 heteroatoms. The molecule has 2 heterocycles. The first-order chi connectivity index (χ1) is 13.3. The van der Waals surface area contributed by atoms with E-state index < -0.39 is 5.97 Å². The summed E-state index contributed by atoms with van der Waals surface area (Å²) in [7, 11) is 1.48. The van der Waals surface area contributed by atoms with E-state index in [0.29, 0.717) is 34.0 Å². The Morgan fingerprint density at radius 3 is 2.61 bits per heavy atom. The summed E-state index contributed by atoms with van der Waals surface area (Å²) < 4.78 is 7.24. The molecule has 0 bridgehead atoms. The van der Waals surface area contributed by atoms with Crippen LogP contribution in [0.1, 0.15) is 57.5 Å². The average Bonchev–Trinajstić information content (AvgIpc) is 3.20. The first-order valence-electron chi connectivity index (χ1n) is 8.87. The summed E-state index contributed by atoms with van der Waals surface area (Å²) in [5, 5.41) is 13.0. The van der Waals surface area contributed by atoms with Gasteiger partial charge in [-0.15, -0.1) is 11.3 Å². The predicted octanol–water partition coefficient (Wildman–Crippen LogP) is 3.90. The van der Waals surface area contributed by atoms with Crippen LogP contribution < -0.4 is 10.1 Å². The number of aromatic nitrogens is 3. The van der Waals surface area contributed by atoms with Gasteiger partial charge in [-0.25, -0.2) is 14.8 Å². The molecule has 0 aliphatic carbocycles. The minimum atomic E-state index is -1.07. The number of ether oxygens (including phenoxy) is 1. The highest BCUT2D eigenvalue weighted by atomic mass is 32.1. The Kier molecular flexibility index (Phi) is 5.37. The number of nitrogens with one attached hydrogen (secondary N) is 1. The summed E-state index contributed by atoms with van der Waals surface area (Å²) in [5.74, 6) is -0.627. The fraction of sp³-hybridized carbons (Fsp3) is 0.368. The predicted molar refractivity (Wildman–Crippen MR) is 108 cm³/mol. The number of anilines is 1. The van der Waals surface area contributed by atoms with E-state index in [0.717, 1.165) is 10.7 Å². The van der Waals surface area contributed by atoms with Crippen LogP contribution in [0.5, 0.6) is 5.75 Å². The van der Waals surface area contributed by atoms with Gasteiger partial charge in [0.2, 0.25) is 5.95 Å². The van der Waals surface area contributed by atoms with Crippen molar-refractivity contribution >= 4 is 40.2 Å². The van der Waals surface area contributed by atoms with Crippen LogP contribution in [0.2, 0.25) is 0 Å². The minimum absolute atomic E-state index is 0.0429. The van der Waals surface area contributed by atoms with Gasteiger partial charge in [0.05, 0.1) is 28.9 Å². The highest BCUT2D eigenvalue weighted by Crippen LogP contribution is 2.33. The zero-order valence-corrected chi connectivity index (χ0v) is 17.2. The summed E-state index contributed by atoms with van der Waals surface area (Å²) in [5.41, 5.74) is 1.89. The number of fused-ring (bicyclic) bond motifs is 1. The second-order valence-corrected chi connectivity index (χ2v) is 7.77. The number of hydrogen-bond donors (Lipinski definition) is 2. The number of nitrogens with zero attached hydrogens (tertiary/aromatic N) is 3. The molecule has 3 rings (SSSR count). The minimum Gasteiger partial charge on any atom is -0.494 e. The molecule has 0 radical (unpaired) electrons. The Bertz CT molecular complexity index is 1070. The third kappa shape index (κ3) is 3.45. The van der Waals surface area contributed by atoms with Crippen LogP contribution in [0.25, 0.3) is 11.0 Å². The van der Waals surface area contributed by atoms with Gasteiger partial charge in [-0.3, -0.25) is 10.1 Å².